The van der Waals surface area contributed by atoms with Crippen molar-refractivity contribution in [2.75, 3.05) is 13.6 Å². The van der Waals surface area contributed by atoms with E-state index in [0.29, 0.717) is 11.0 Å². The van der Waals surface area contributed by atoms with Gasteiger partial charge < -0.3 is 10.6 Å². The zero-order chi connectivity index (χ0) is 11.1. The molecule has 0 saturated carbocycles. The second kappa shape index (κ2) is 7.18. The van der Waals surface area contributed by atoms with Crippen molar-refractivity contribution in [3.05, 3.63) is 0 Å². The summed E-state index contributed by atoms with van der Waals surface area (Å²) in [4.78, 5) is 2.95. The Bertz CT molecular complexity index is 169. The molecule has 0 saturated heterocycles. The molecule has 0 amide bonds. The zero-order valence-electron chi connectivity index (χ0n) is 9.92. The molecule has 0 fully saturated rings. The molecule has 14 heavy (non-hydrogen) atoms. The minimum atomic E-state index is 0.472. The van der Waals surface area contributed by atoms with E-state index in [1.165, 1.54) is 12.8 Å². The molecule has 2 N–H and O–H groups in total. The molecule has 0 aliphatic heterocycles. The van der Waals surface area contributed by atoms with Crippen LogP contribution in [0.5, 0.6) is 0 Å². The normalized spacial score (nSPS) is 13.6. The number of rotatable bonds is 7. The van der Waals surface area contributed by atoms with Crippen LogP contribution >= 0.6 is 12.2 Å². The van der Waals surface area contributed by atoms with Crippen molar-refractivity contribution in [1.29, 1.82) is 0 Å². The lowest BCUT2D eigenvalue weighted by Crippen LogP contribution is -2.33. The third-order valence-electron chi connectivity index (χ3n) is 2.54. The maximum absolute atomic E-state index is 5.51. The first-order chi connectivity index (χ1) is 6.43. The summed E-state index contributed by atoms with van der Waals surface area (Å²) in [5.74, 6) is 0.800. The van der Waals surface area contributed by atoms with E-state index in [9.17, 15) is 0 Å². The smallest absolute Gasteiger partial charge is 0.0742 e. The molecule has 0 aromatic heterocycles. The van der Waals surface area contributed by atoms with Gasteiger partial charge in [-0.2, -0.15) is 0 Å². The molecule has 0 aliphatic carbocycles. The van der Waals surface area contributed by atoms with Crippen LogP contribution in [0.1, 0.15) is 40.0 Å². The zero-order valence-corrected chi connectivity index (χ0v) is 10.7. The van der Waals surface area contributed by atoms with Crippen LogP contribution in [0.15, 0.2) is 0 Å². The topological polar surface area (TPSA) is 29.3 Å². The minimum absolute atomic E-state index is 0.472. The van der Waals surface area contributed by atoms with E-state index in [-0.39, 0.29) is 0 Å². The van der Waals surface area contributed by atoms with Gasteiger partial charge in [0.05, 0.1) is 4.99 Å². The summed E-state index contributed by atoms with van der Waals surface area (Å²) >= 11 is 4.90. The number of thiocarbonyl (C=S) groups is 1. The molecule has 0 spiro atoms. The van der Waals surface area contributed by atoms with E-state index in [4.69, 9.17) is 18.0 Å². The molecule has 2 nitrogen and oxygen atoms in total. The van der Waals surface area contributed by atoms with Crippen molar-refractivity contribution in [2.24, 2.45) is 11.7 Å². The van der Waals surface area contributed by atoms with Crippen molar-refractivity contribution < 1.29 is 0 Å². The first kappa shape index (κ1) is 13.8. The van der Waals surface area contributed by atoms with E-state index in [2.05, 4.69) is 32.7 Å². The van der Waals surface area contributed by atoms with Gasteiger partial charge in [0.1, 0.15) is 0 Å². The van der Waals surface area contributed by atoms with Gasteiger partial charge in [0.25, 0.3) is 0 Å². The molecule has 1 atom stereocenters. The highest BCUT2D eigenvalue weighted by Gasteiger charge is 2.09. The predicted molar refractivity (Wildman–Crippen MR) is 67.6 cm³/mol. The molecular weight excluding hydrogens is 192 g/mol. The molecule has 0 aliphatic rings. The maximum atomic E-state index is 5.51. The van der Waals surface area contributed by atoms with E-state index in [1.54, 1.807) is 0 Å². The van der Waals surface area contributed by atoms with Gasteiger partial charge in [-0.05, 0) is 39.3 Å². The Morgan fingerprint density at radius 2 is 1.93 bits per heavy atom. The fourth-order valence-electron chi connectivity index (χ4n) is 1.42. The molecule has 0 heterocycles. The second-order valence-corrected chi connectivity index (χ2v) is 5.06. The van der Waals surface area contributed by atoms with Crippen LogP contribution in [0.4, 0.5) is 0 Å². The summed E-state index contributed by atoms with van der Waals surface area (Å²) in [5.41, 5.74) is 5.51. The lowest BCUT2D eigenvalue weighted by Gasteiger charge is -2.24. The maximum Gasteiger partial charge on any atom is 0.0742 e. The molecule has 0 radical (unpaired) electrons. The van der Waals surface area contributed by atoms with Crippen LogP contribution in [0.2, 0.25) is 0 Å². The Balaban J connectivity index is 3.61. The van der Waals surface area contributed by atoms with Crippen molar-refractivity contribution in [3.63, 3.8) is 0 Å². The fraction of sp³-hybridized carbons (Fsp3) is 0.909. The molecule has 0 aromatic rings. The molecule has 1 unspecified atom stereocenters. The average Bonchev–Trinajstić information content (AvgIpc) is 2.01. The van der Waals surface area contributed by atoms with Gasteiger partial charge in [-0.15, -0.1) is 0 Å². The van der Waals surface area contributed by atoms with Crippen LogP contribution in [0.3, 0.4) is 0 Å². The van der Waals surface area contributed by atoms with Crippen molar-refractivity contribution in [2.45, 2.75) is 46.1 Å². The van der Waals surface area contributed by atoms with Gasteiger partial charge in [0.2, 0.25) is 0 Å². The van der Waals surface area contributed by atoms with Crippen LogP contribution in [0.25, 0.3) is 0 Å². The van der Waals surface area contributed by atoms with E-state index < -0.39 is 0 Å². The highest BCUT2D eigenvalue weighted by Crippen LogP contribution is 2.07. The van der Waals surface area contributed by atoms with Crippen molar-refractivity contribution >= 4 is 17.2 Å². The number of hydrogen-bond acceptors (Lipinski definition) is 2. The molecule has 0 rings (SSSR count). The standard InChI is InChI=1S/C11H24N2S/c1-9(2)6-5-7-13(4)10(3)8-11(12)14/h9-10H,5-8H2,1-4H3,(H2,12,14). The number of nitrogens with two attached hydrogens (primary N) is 1. The minimum Gasteiger partial charge on any atom is -0.393 e. The highest BCUT2D eigenvalue weighted by atomic mass is 32.1. The Kier molecular flexibility index (Phi) is 7.11. The van der Waals surface area contributed by atoms with Crippen LogP contribution < -0.4 is 5.73 Å². The van der Waals surface area contributed by atoms with Gasteiger partial charge in [-0.1, -0.05) is 26.1 Å². The van der Waals surface area contributed by atoms with Crippen LogP contribution in [-0.2, 0) is 0 Å². The fourth-order valence-corrected chi connectivity index (χ4v) is 1.66. The Morgan fingerprint density at radius 3 is 2.36 bits per heavy atom. The molecule has 3 heteroatoms. The van der Waals surface area contributed by atoms with Crippen LogP contribution in [-0.4, -0.2) is 29.5 Å². The average molecular weight is 216 g/mol. The molecule has 0 aromatic carbocycles. The van der Waals surface area contributed by atoms with Gasteiger partial charge in [-0.3, -0.25) is 0 Å². The second-order valence-electron chi connectivity index (χ2n) is 4.54. The van der Waals surface area contributed by atoms with Gasteiger partial charge in [-0.25, -0.2) is 0 Å². The van der Waals surface area contributed by atoms with Gasteiger partial charge in [0, 0.05) is 12.5 Å². The van der Waals surface area contributed by atoms with Gasteiger partial charge >= 0.3 is 0 Å². The number of nitrogens with zero attached hydrogens (tertiary/aromatic N) is 1. The quantitative estimate of drug-likeness (QED) is 0.663. The van der Waals surface area contributed by atoms with Gasteiger partial charge in [0.15, 0.2) is 0 Å². The Labute approximate surface area is 93.8 Å². The lowest BCUT2D eigenvalue weighted by molar-refractivity contribution is 0.253. The third-order valence-corrected chi connectivity index (χ3v) is 2.71. The molecule has 0 bridgehead atoms. The Hall–Kier alpha value is -0.150. The summed E-state index contributed by atoms with van der Waals surface area (Å²) in [7, 11) is 2.14. The molecule has 84 valence electrons. The van der Waals surface area contributed by atoms with E-state index in [0.717, 1.165) is 18.9 Å². The number of hydrogen-bond donors (Lipinski definition) is 1. The van der Waals surface area contributed by atoms with E-state index in [1.807, 2.05) is 0 Å². The molecular formula is C11H24N2S. The lowest BCUT2D eigenvalue weighted by atomic mass is 10.1. The summed E-state index contributed by atoms with van der Waals surface area (Å²) < 4.78 is 0. The van der Waals surface area contributed by atoms with E-state index >= 15 is 0 Å². The van der Waals surface area contributed by atoms with Crippen LogP contribution in [0, 0.1) is 5.92 Å². The van der Waals surface area contributed by atoms with Crippen molar-refractivity contribution in [1.82, 2.24) is 4.90 Å². The first-order valence-corrected chi connectivity index (χ1v) is 5.82. The largest absolute Gasteiger partial charge is 0.393 e. The monoisotopic (exact) mass is 216 g/mol. The third kappa shape index (κ3) is 7.27. The SMILES string of the molecule is CC(C)CCCN(C)C(C)CC(N)=S. The van der Waals surface area contributed by atoms with Crippen molar-refractivity contribution in [3.8, 4) is 0 Å². The first-order valence-electron chi connectivity index (χ1n) is 5.42. The Morgan fingerprint density at radius 1 is 1.36 bits per heavy atom. The predicted octanol–water partition coefficient (Wildman–Crippen LogP) is 2.42. The summed E-state index contributed by atoms with van der Waals surface area (Å²) in [5, 5.41) is 0. The summed E-state index contributed by atoms with van der Waals surface area (Å²) in [6, 6.07) is 0.472. The summed E-state index contributed by atoms with van der Waals surface area (Å²) in [6.45, 7) is 7.84. The summed E-state index contributed by atoms with van der Waals surface area (Å²) in [6.07, 6.45) is 3.38. The highest BCUT2D eigenvalue weighted by molar-refractivity contribution is 7.80.